The number of nitrogens with one attached hydrogen (secondary N) is 1. The Kier molecular flexibility index (Phi) is 6.23. The number of non-ortho nitro benzene ring substituents is 1. The maximum atomic E-state index is 12.5. The minimum absolute atomic E-state index is 0.105. The van der Waals surface area contributed by atoms with Gasteiger partial charge in [-0.1, -0.05) is 24.6 Å². The molecule has 0 atom stereocenters. The third kappa shape index (κ3) is 4.30. The molecule has 0 radical (unpaired) electrons. The molecule has 1 aromatic carbocycles. The molecule has 0 saturated heterocycles. The molecule has 1 amide bonds. The first kappa shape index (κ1) is 20.2. The minimum Gasteiger partial charge on any atom is -0.495 e. The van der Waals surface area contributed by atoms with Gasteiger partial charge in [0, 0.05) is 23.9 Å². The molecule has 2 aromatic rings. The van der Waals surface area contributed by atoms with E-state index in [1.54, 1.807) is 0 Å². The molecular weight excluding hydrogens is 380 g/mol. The van der Waals surface area contributed by atoms with Crippen molar-refractivity contribution < 1.29 is 14.5 Å². The second-order valence-corrected chi connectivity index (χ2v) is 7.79. The van der Waals surface area contributed by atoms with Gasteiger partial charge in [-0.2, -0.15) is 0 Å². The molecule has 3 rings (SSSR count). The molecule has 0 bridgehead atoms. The SMILES string of the molecule is COc1ccc([N+](=O)[O-])cc1NC(=O)CSc1nc(C)c(C)n1C1CCCC1. The number of amides is 1. The summed E-state index contributed by atoms with van der Waals surface area (Å²) in [6.45, 7) is 4.05. The number of aromatic nitrogens is 2. The minimum atomic E-state index is -0.506. The average molecular weight is 404 g/mol. The number of carbonyl (C=O) groups excluding carboxylic acids is 1. The molecule has 0 aliphatic heterocycles. The highest BCUT2D eigenvalue weighted by atomic mass is 32.2. The lowest BCUT2D eigenvalue weighted by Crippen LogP contribution is -2.16. The first-order chi connectivity index (χ1) is 13.4. The molecule has 1 N–H and O–H groups in total. The number of aryl methyl sites for hydroxylation is 1. The van der Waals surface area contributed by atoms with Crippen LogP contribution in [0.3, 0.4) is 0 Å². The number of methoxy groups -OCH3 is 1. The van der Waals surface area contributed by atoms with Gasteiger partial charge in [0.1, 0.15) is 5.75 Å². The van der Waals surface area contributed by atoms with Gasteiger partial charge in [-0.05, 0) is 32.8 Å². The van der Waals surface area contributed by atoms with Crippen molar-refractivity contribution >= 4 is 29.0 Å². The normalized spacial score (nSPS) is 14.2. The highest BCUT2D eigenvalue weighted by Gasteiger charge is 2.23. The second-order valence-electron chi connectivity index (χ2n) is 6.85. The lowest BCUT2D eigenvalue weighted by atomic mass is 10.2. The molecule has 0 spiro atoms. The largest absolute Gasteiger partial charge is 0.495 e. The van der Waals surface area contributed by atoms with E-state index in [1.165, 1.54) is 49.9 Å². The van der Waals surface area contributed by atoms with E-state index in [1.807, 2.05) is 6.92 Å². The molecule has 1 aromatic heterocycles. The Morgan fingerprint density at radius 3 is 2.75 bits per heavy atom. The Morgan fingerprint density at radius 1 is 1.39 bits per heavy atom. The molecule has 0 unspecified atom stereocenters. The van der Waals surface area contributed by atoms with E-state index in [-0.39, 0.29) is 23.0 Å². The van der Waals surface area contributed by atoms with Gasteiger partial charge in [0.15, 0.2) is 5.16 Å². The standard InChI is InChI=1S/C19H24N4O4S/c1-12-13(2)22(14-6-4-5-7-14)19(20-12)28-11-18(24)21-16-10-15(23(25)26)8-9-17(16)27-3/h8-10,14H,4-7,11H2,1-3H3,(H,21,24). The summed E-state index contributed by atoms with van der Waals surface area (Å²) in [7, 11) is 1.45. The van der Waals surface area contributed by atoms with Crippen LogP contribution in [0.5, 0.6) is 5.75 Å². The molecule has 150 valence electrons. The number of anilines is 1. The molecule has 1 fully saturated rings. The van der Waals surface area contributed by atoms with Crippen LogP contribution in [0.4, 0.5) is 11.4 Å². The Bertz CT molecular complexity index is 890. The predicted molar refractivity (Wildman–Crippen MR) is 108 cm³/mol. The van der Waals surface area contributed by atoms with Crippen molar-refractivity contribution in [2.24, 2.45) is 0 Å². The van der Waals surface area contributed by atoms with Crippen LogP contribution in [0.25, 0.3) is 0 Å². The summed E-state index contributed by atoms with van der Waals surface area (Å²) in [6, 6.07) is 4.56. The number of hydrogen-bond acceptors (Lipinski definition) is 6. The van der Waals surface area contributed by atoms with E-state index in [4.69, 9.17) is 4.74 Å². The summed E-state index contributed by atoms with van der Waals surface area (Å²) in [5, 5.41) is 14.5. The third-order valence-corrected chi connectivity index (χ3v) is 6.00. The summed E-state index contributed by atoms with van der Waals surface area (Å²) in [5.74, 6) is 0.275. The number of hydrogen-bond donors (Lipinski definition) is 1. The fourth-order valence-electron chi connectivity index (χ4n) is 3.51. The van der Waals surface area contributed by atoms with Crippen molar-refractivity contribution in [3.05, 3.63) is 39.7 Å². The van der Waals surface area contributed by atoms with Crippen molar-refractivity contribution in [3.8, 4) is 5.75 Å². The van der Waals surface area contributed by atoms with E-state index < -0.39 is 4.92 Å². The van der Waals surface area contributed by atoms with Gasteiger partial charge in [0.05, 0.1) is 29.2 Å². The quantitative estimate of drug-likeness (QED) is 0.420. The Balaban J connectivity index is 1.71. The summed E-state index contributed by atoms with van der Waals surface area (Å²) >= 11 is 1.39. The fourth-order valence-corrected chi connectivity index (χ4v) is 4.47. The van der Waals surface area contributed by atoms with Crippen molar-refractivity contribution in [2.75, 3.05) is 18.2 Å². The summed E-state index contributed by atoms with van der Waals surface area (Å²) in [6.07, 6.45) is 4.72. The second kappa shape index (κ2) is 8.64. The van der Waals surface area contributed by atoms with Crippen molar-refractivity contribution in [3.63, 3.8) is 0 Å². The smallest absolute Gasteiger partial charge is 0.271 e. The maximum absolute atomic E-state index is 12.5. The summed E-state index contributed by atoms with van der Waals surface area (Å²) in [4.78, 5) is 27.6. The Labute approximate surface area is 167 Å². The zero-order valence-corrected chi connectivity index (χ0v) is 17.0. The van der Waals surface area contributed by atoms with Crippen molar-refractivity contribution in [1.82, 2.24) is 9.55 Å². The van der Waals surface area contributed by atoms with Crippen molar-refractivity contribution in [2.45, 2.75) is 50.7 Å². The molecule has 8 nitrogen and oxygen atoms in total. The van der Waals surface area contributed by atoms with Crippen LogP contribution < -0.4 is 10.1 Å². The van der Waals surface area contributed by atoms with E-state index in [2.05, 4.69) is 21.8 Å². The molecule has 1 heterocycles. The number of carbonyl (C=O) groups is 1. The fraction of sp³-hybridized carbons (Fsp3) is 0.474. The molecule has 28 heavy (non-hydrogen) atoms. The number of thioether (sulfide) groups is 1. The van der Waals surface area contributed by atoms with Gasteiger partial charge in [0.2, 0.25) is 5.91 Å². The zero-order chi connectivity index (χ0) is 20.3. The molecule has 1 aliphatic rings. The van der Waals surface area contributed by atoms with Crippen LogP contribution in [0.15, 0.2) is 23.4 Å². The van der Waals surface area contributed by atoms with E-state index in [0.29, 0.717) is 11.8 Å². The predicted octanol–water partition coefficient (Wildman–Crippen LogP) is 4.26. The van der Waals surface area contributed by atoms with Gasteiger partial charge in [-0.3, -0.25) is 14.9 Å². The molecular formula is C19H24N4O4S. The lowest BCUT2D eigenvalue weighted by molar-refractivity contribution is -0.384. The van der Waals surface area contributed by atoms with Gasteiger partial charge in [0.25, 0.3) is 5.69 Å². The van der Waals surface area contributed by atoms with E-state index in [0.717, 1.165) is 29.4 Å². The number of rotatable bonds is 7. The number of nitro groups is 1. The molecule has 1 aliphatic carbocycles. The Hall–Kier alpha value is -2.55. The summed E-state index contributed by atoms with van der Waals surface area (Å²) in [5.41, 5.74) is 2.31. The number of benzene rings is 1. The van der Waals surface area contributed by atoms with E-state index >= 15 is 0 Å². The topological polar surface area (TPSA) is 99.3 Å². The van der Waals surface area contributed by atoms with Crippen LogP contribution in [0.1, 0.15) is 43.1 Å². The highest BCUT2D eigenvalue weighted by Crippen LogP contribution is 2.35. The van der Waals surface area contributed by atoms with Crippen LogP contribution in [0.2, 0.25) is 0 Å². The zero-order valence-electron chi connectivity index (χ0n) is 16.2. The first-order valence-electron chi connectivity index (χ1n) is 9.21. The number of imidazole rings is 1. The lowest BCUT2D eigenvalue weighted by Gasteiger charge is -2.17. The van der Waals surface area contributed by atoms with Crippen LogP contribution in [-0.4, -0.2) is 33.2 Å². The highest BCUT2D eigenvalue weighted by molar-refractivity contribution is 7.99. The molecule has 9 heteroatoms. The third-order valence-electron chi connectivity index (χ3n) is 5.04. The van der Waals surface area contributed by atoms with Crippen LogP contribution in [-0.2, 0) is 4.79 Å². The maximum Gasteiger partial charge on any atom is 0.271 e. The number of ether oxygens (including phenoxy) is 1. The van der Waals surface area contributed by atoms with Gasteiger partial charge >= 0.3 is 0 Å². The first-order valence-corrected chi connectivity index (χ1v) is 10.2. The molecule has 1 saturated carbocycles. The number of nitrogens with zero attached hydrogens (tertiary/aromatic N) is 3. The summed E-state index contributed by atoms with van der Waals surface area (Å²) < 4.78 is 7.45. The van der Waals surface area contributed by atoms with Gasteiger partial charge in [-0.15, -0.1) is 0 Å². The number of nitro benzene ring substituents is 1. The van der Waals surface area contributed by atoms with Crippen LogP contribution >= 0.6 is 11.8 Å². The average Bonchev–Trinajstić information content (AvgIpc) is 3.28. The van der Waals surface area contributed by atoms with E-state index in [9.17, 15) is 14.9 Å². The van der Waals surface area contributed by atoms with Gasteiger partial charge in [-0.25, -0.2) is 4.98 Å². The van der Waals surface area contributed by atoms with Crippen LogP contribution in [0, 0.1) is 24.0 Å². The Morgan fingerprint density at radius 2 is 2.11 bits per heavy atom. The van der Waals surface area contributed by atoms with Gasteiger partial charge < -0.3 is 14.6 Å². The monoisotopic (exact) mass is 404 g/mol. The van der Waals surface area contributed by atoms with Crippen molar-refractivity contribution in [1.29, 1.82) is 0 Å².